The average Bonchev–Trinajstić information content (AvgIpc) is 2.95. The number of hydrogen-bond acceptors (Lipinski definition) is 4. The van der Waals surface area contributed by atoms with E-state index in [0.29, 0.717) is 11.5 Å². The zero-order valence-corrected chi connectivity index (χ0v) is 14.8. The first-order chi connectivity index (χ1) is 10.2. The third-order valence-corrected chi connectivity index (χ3v) is 6.66. The lowest BCUT2D eigenvalue weighted by atomic mass is 9.88. The van der Waals surface area contributed by atoms with E-state index in [9.17, 15) is 0 Å². The highest BCUT2D eigenvalue weighted by atomic mass is 79.9. The largest absolute Gasteiger partial charge is 0.454 e. The summed E-state index contributed by atoms with van der Waals surface area (Å²) in [6, 6.07) is 4.08. The third kappa shape index (κ3) is 3.51. The summed E-state index contributed by atoms with van der Waals surface area (Å²) >= 11 is 5.66. The second-order valence-electron chi connectivity index (χ2n) is 5.85. The van der Waals surface area contributed by atoms with Crippen LogP contribution in [0.1, 0.15) is 37.7 Å². The van der Waals surface area contributed by atoms with Crippen molar-refractivity contribution in [1.82, 2.24) is 5.32 Å². The zero-order chi connectivity index (χ0) is 14.7. The van der Waals surface area contributed by atoms with Gasteiger partial charge in [-0.3, -0.25) is 0 Å². The minimum absolute atomic E-state index is 0.328. The second-order valence-corrected chi connectivity index (χ2v) is 7.98. The first kappa shape index (κ1) is 15.5. The summed E-state index contributed by atoms with van der Waals surface area (Å²) in [6.07, 6.45) is 9.07. The van der Waals surface area contributed by atoms with E-state index in [-0.39, 0.29) is 0 Å². The van der Waals surface area contributed by atoms with Crippen molar-refractivity contribution in [3.63, 3.8) is 0 Å². The molecule has 0 amide bonds. The second kappa shape index (κ2) is 6.80. The van der Waals surface area contributed by atoms with Crippen molar-refractivity contribution in [3.8, 4) is 11.5 Å². The van der Waals surface area contributed by atoms with Crippen LogP contribution in [0.3, 0.4) is 0 Å². The zero-order valence-electron chi connectivity index (χ0n) is 12.4. The summed E-state index contributed by atoms with van der Waals surface area (Å²) in [5.41, 5.74) is 1.23. The molecule has 116 valence electrons. The van der Waals surface area contributed by atoms with Crippen molar-refractivity contribution in [2.45, 2.75) is 43.4 Å². The third-order valence-electron chi connectivity index (χ3n) is 4.50. The Balaban J connectivity index is 1.60. The Labute approximate surface area is 139 Å². The Morgan fingerprint density at radius 3 is 2.62 bits per heavy atom. The minimum atomic E-state index is 0.328. The first-order valence-corrected chi connectivity index (χ1v) is 9.58. The lowest BCUT2D eigenvalue weighted by Crippen LogP contribution is -2.39. The van der Waals surface area contributed by atoms with Crippen molar-refractivity contribution in [1.29, 1.82) is 0 Å². The van der Waals surface area contributed by atoms with E-state index in [2.05, 4.69) is 33.6 Å². The maximum atomic E-state index is 5.46. The first-order valence-electron chi connectivity index (χ1n) is 7.56. The molecular formula is C16H22BrNO2S. The molecule has 1 saturated carbocycles. The van der Waals surface area contributed by atoms with Crippen molar-refractivity contribution < 1.29 is 9.47 Å². The molecule has 1 aliphatic heterocycles. The molecule has 0 unspecified atom stereocenters. The fraction of sp³-hybridized carbons (Fsp3) is 0.625. The summed E-state index contributed by atoms with van der Waals surface area (Å²) in [5.74, 6) is 1.69. The molecule has 1 fully saturated rings. The maximum Gasteiger partial charge on any atom is 0.231 e. The standard InChI is InChI=1S/C16H22BrNO2S/c1-21-16(5-3-2-4-6-16)10-18-9-12-7-14-15(8-13(12)17)20-11-19-14/h7-8,18H,2-6,9-11H2,1H3. The van der Waals surface area contributed by atoms with Gasteiger partial charge < -0.3 is 14.8 Å². The smallest absolute Gasteiger partial charge is 0.231 e. The van der Waals surface area contributed by atoms with Crippen LogP contribution in [0.15, 0.2) is 16.6 Å². The Hall–Kier alpha value is -0.390. The summed E-state index contributed by atoms with van der Waals surface area (Å²) in [7, 11) is 0. The van der Waals surface area contributed by atoms with Crippen molar-refractivity contribution >= 4 is 27.7 Å². The lowest BCUT2D eigenvalue weighted by molar-refractivity contribution is 0.174. The molecule has 1 aliphatic carbocycles. The number of thioether (sulfide) groups is 1. The number of halogens is 1. The van der Waals surface area contributed by atoms with E-state index in [4.69, 9.17) is 9.47 Å². The van der Waals surface area contributed by atoms with Gasteiger partial charge in [0.05, 0.1) is 0 Å². The van der Waals surface area contributed by atoms with Gasteiger partial charge in [-0.25, -0.2) is 0 Å². The minimum Gasteiger partial charge on any atom is -0.454 e. The number of fused-ring (bicyclic) bond motifs is 1. The SMILES string of the molecule is CSC1(CNCc2cc3c(cc2Br)OCO3)CCCCC1. The molecule has 0 spiro atoms. The van der Waals surface area contributed by atoms with Crippen LogP contribution in [-0.4, -0.2) is 24.3 Å². The van der Waals surface area contributed by atoms with Crippen LogP contribution in [0, 0.1) is 0 Å². The molecule has 0 aromatic heterocycles. The van der Waals surface area contributed by atoms with Gasteiger partial charge in [0.15, 0.2) is 11.5 Å². The van der Waals surface area contributed by atoms with Gasteiger partial charge in [0.1, 0.15) is 0 Å². The van der Waals surface area contributed by atoms with Gasteiger partial charge in [-0.05, 0) is 36.8 Å². The molecule has 1 N–H and O–H groups in total. The van der Waals surface area contributed by atoms with Gasteiger partial charge in [0, 0.05) is 22.3 Å². The molecule has 0 saturated heterocycles. The Kier molecular flexibility index (Phi) is 5.02. The van der Waals surface area contributed by atoms with Gasteiger partial charge >= 0.3 is 0 Å². The van der Waals surface area contributed by atoms with Crippen molar-refractivity contribution in [3.05, 3.63) is 22.2 Å². The number of nitrogens with one attached hydrogen (secondary N) is 1. The van der Waals surface area contributed by atoms with E-state index in [0.717, 1.165) is 29.1 Å². The molecule has 3 rings (SSSR count). The summed E-state index contributed by atoms with van der Waals surface area (Å²) in [4.78, 5) is 0. The number of hydrogen-bond donors (Lipinski definition) is 1. The molecule has 0 radical (unpaired) electrons. The molecule has 0 bridgehead atoms. The number of benzene rings is 1. The molecule has 3 nitrogen and oxygen atoms in total. The van der Waals surface area contributed by atoms with Gasteiger partial charge in [-0.2, -0.15) is 11.8 Å². The fourth-order valence-corrected chi connectivity index (χ4v) is 4.57. The number of rotatable bonds is 5. The summed E-state index contributed by atoms with van der Waals surface area (Å²) in [5, 5.41) is 3.65. The van der Waals surface area contributed by atoms with Gasteiger partial charge in [-0.1, -0.05) is 35.2 Å². The van der Waals surface area contributed by atoms with Gasteiger partial charge in [0.25, 0.3) is 0 Å². The van der Waals surface area contributed by atoms with Crippen LogP contribution < -0.4 is 14.8 Å². The number of ether oxygens (including phenoxy) is 2. The van der Waals surface area contributed by atoms with Crippen LogP contribution in [0.4, 0.5) is 0 Å². The van der Waals surface area contributed by atoms with E-state index in [1.807, 2.05) is 17.8 Å². The molecule has 5 heteroatoms. The Morgan fingerprint density at radius 2 is 1.90 bits per heavy atom. The maximum absolute atomic E-state index is 5.46. The molecule has 1 heterocycles. The topological polar surface area (TPSA) is 30.5 Å². The van der Waals surface area contributed by atoms with E-state index in [1.54, 1.807) is 0 Å². The summed E-state index contributed by atoms with van der Waals surface area (Å²) < 4.78 is 12.4. The van der Waals surface area contributed by atoms with Gasteiger partial charge in [0.2, 0.25) is 6.79 Å². The van der Waals surface area contributed by atoms with E-state index < -0.39 is 0 Å². The highest BCUT2D eigenvalue weighted by Gasteiger charge is 2.30. The fourth-order valence-electron chi connectivity index (χ4n) is 3.17. The van der Waals surface area contributed by atoms with E-state index >= 15 is 0 Å². The Bertz CT molecular complexity index is 503. The Morgan fingerprint density at radius 1 is 1.19 bits per heavy atom. The monoisotopic (exact) mass is 371 g/mol. The van der Waals surface area contributed by atoms with Crippen molar-refractivity contribution in [2.75, 3.05) is 19.6 Å². The van der Waals surface area contributed by atoms with E-state index in [1.165, 1.54) is 37.7 Å². The predicted molar refractivity (Wildman–Crippen MR) is 91.3 cm³/mol. The highest BCUT2D eigenvalue weighted by molar-refractivity contribution is 9.10. The molecule has 1 aromatic carbocycles. The van der Waals surface area contributed by atoms with Crippen LogP contribution in [-0.2, 0) is 6.54 Å². The predicted octanol–water partition coefficient (Wildman–Crippen LogP) is 4.33. The summed E-state index contributed by atoms with van der Waals surface area (Å²) in [6.45, 7) is 2.27. The van der Waals surface area contributed by atoms with Crippen LogP contribution in [0.5, 0.6) is 11.5 Å². The molecule has 21 heavy (non-hydrogen) atoms. The van der Waals surface area contributed by atoms with Crippen LogP contribution in [0.2, 0.25) is 0 Å². The van der Waals surface area contributed by atoms with Gasteiger partial charge in [-0.15, -0.1) is 0 Å². The van der Waals surface area contributed by atoms with Crippen LogP contribution >= 0.6 is 27.7 Å². The van der Waals surface area contributed by atoms with Crippen LogP contribution in [0.25, 0.3) is 0 Å². The normalized spacial score (nSPS) is 19.7. The molecule has 0 atom stereocenters. The highest BCUT2D eigenvalue weighted by Crippen LogP contribution is 2.39. The van der Waals surface area contributed by atoms with Crippen molar-refractivity contribution in [2.24, 2.45) is 0 Å². The molecule has 1 aromatic rings. The molecule has 2 aliphatic rings. The average molecular weight is 372 g/mol. The molecular weight excluding hydrogens is 350 g/mol. The quantitative estimate of drug-likeness (QED) is 0.833. The lowest BCUT2D eigenvalue weighted by Gasteiger charge is -2.36.